The average molecular weight is 447 g/mol. The molecule has 4 aromatic rings. The Morgan fingerprint density at radius 3 is 2.62 bits per heavy atom. The van der Waals surface area contributed by atoms with E-state index in [0.29, 0.717) is 28.4 Å². The molecule has 0 spiro atoms. The van der Waals surface area contributed by atoms with E-state index in [1.54, 1.807) is 36.9 Å². The Hall–Kier alpha value is -2.43. The van der Waals surface area contributed by atoms with Gasteiger partial charge in [-0.05, 0) is 32.0 Å². The van der Waals surface area contributed by atoms with E-state index in [0.717, 1.165) is 31.8 Å². The molecule has 4 rings (SSSR count). The maximum Gasteiger partial charge on any atom is 0.277 e. The molecule has 0 saturated carbocycles. The molecule has 0 bridgehead atoms. The zero-order valence-corrected chi connectivity index (χ0v) is 18.7. The zero-order valence-electron chi connectivity index (χ0n) is 16.3. The molecule has 0 unspecified atom stereocenters. The average Bonchev–Trinajstić information content (AvgIpc) is 3.45. The molecule has 7 nitrogen and oxygen atoms in total. The van der Waals surface area contributed by atoms with Crippen molar-refractivity contribution in [2.75, 3.05) is 14.2 Å². The normalized spacial score (nSPS) is 11.0. The van der Waals surface area contributed by atoms with Crippen LogP contribution in [-0.2, 0) is 5.75 Å². The van der Waals surface area contributed by atoms with Gasteiger partial charge in [0, 0.05) is 16.7 Å². The van der Waals surface area contributed by atoms with Crippen molar-refractivity contribution < 1.29 is 13.9 Å². The Balaban J connectivity index is 1.45. The maximum absolute atomic E-state index is 5.79. The third kappa shape index (κ3) is 4.29. The molecule has 10 heteroatoms. The van der Waals surface area contributed by atoms with Crippen molar-refractivity contribution in [3.8, 4) is 32.8 Å². The lowest BCUT2D eigenvalue weighted by molar-refractivity contribution is 0.355. The predicted octanol–water partition coefficient (Wildman–Crippen LogP) is 5.24. The van der Waals surface area contributed by atoms with Crippen LogP contribution in [-0.4, -0.2) is 34.4 Å². The lowest BCUT2D eigenvalue weighted by Gasteiger charge is -2.08. The molecule has 0 aliphatic heterocycles. The minimum absolute atomic E-state index is 0.514. The Morgan fingerprint density at radius 2 is 1.90 bits per heavy atom. The van der Waals surface area contributed by atoms with Gasteiger partial charge in [0.25, 0.3) is 11.1 Å². The Labute approximate surface area is 180 Å². The highest BCUT2D eigenvalue weighted by molar-refractivity contribution is 7.98. The van der Waals surface area contributed by atoms with E-state index in [9.17, 15) is 0 Å². The summed E-state index contributed by atoms with van der Waals surface area (Å²) in [6.45, 7) is 3.91. The number of aromatic nitrogens is 4. The largest absolute Gasteiger partial charge is 0.493 e. The maximum atomic E-state index is 5.79. The first-order valence-corrected chi connectivity index (χ1v) is 11.3. The molecular formula is C19H18N4O3S3. The van der Waals surface area contributed by atoms with E-state index in [2.05, 4.69) is 15.2 Å². The smallest absolute Gasteiger partial charge is 0.277 e. The minimum Gasteiger partial charge on any atom is -0.493 e. The molecule has 0 aliphatic rings. The molecule has 0 N–H and O–H groups in total. The van der Waals surface area contributed by atoms with Crippen molar-refractivity contribution >= 4 is 34.4 Å². The molecule has 0 atom stereocenters. The van der Waals surface area contributed by atoms with Gasteiger partial charge in [-0.25, -0.2) is 9.97 Å². The summed E-state index contributed by atoms with van der Waals surface area (Å²) in [7, 11) is 3.25. The fourth-order valence-electron chi connectivity index (χ4n) is 2.70. The molecule has 0 radical (unpaired) electrons. The van der Waals surface area contributed by atoms with E-state index in [-0.39, 0.29) is 0 Å². The Bertz CT molecular complexity index is 1140. The van der Waals surface area contributed by atoms with E-state index in [4.69, 9.17) is 18.9 Å². The van der Waals surface area contributed by atoms with Crippen molar-refractivity contribution in [2.24, 2.45) is 0 Å². The number of hydrogen-bond donors (Lipinski definition) is 0. The molecule has 0 saturated heterocycles. The van der Waals surface area contributed by atoms with Gasteiger partial charge in [0.1, 0.15) is 9.88 Å². The molecule has 0 aliphatic carbocycles. The van der Waals surface area contributed by atoms with Crippen LogP contribution in [0.3, 0.4) is 0 Å². The number of thiazole rings is 2. The molecule has 3 aromatic heterocycles. The molecule has 29 heavy (non-hydrogen) atoms. The molecule has 0 amide bonds. The van der Waals surface area contributed by atoms with Gasteiger partial charge < -0.3 is 13.9 Å². The van der Waals surface area contributed by atoms with E-state index in [1.165, 1.54) is 11.8 Å². The van der Waals surface area contributed by atoms with Gasteiger partial charge in [-0.3, -0.25) is 0 Å². The fourth-order valence-corrected chi connectivity index (χ4v) is 5.12. The summed E-state index contributed by atoms with van der Waals surface area (Å²) in [5.41, 5.74) is 2.85. The van der Waals surface area contributed by atoms with Gasteiger partial charge in [-0.15, -0.1) is 32.9 Å². The van der Waals surface area contributed by atoms with E-state index < -0.39 is 0 Å². The SMILES string of the molecule is COc1ccc(-c2nc(CSc3nnc(-c4sc(C)nc4C)o3)cs2)cc1OC. The monoisotopic (exact) mass is 446 g/mol. The van der Waals surface area contributed by atoms with Crippen molar-refractivity contribution in [3.05, 3.63) is 40.0 Å². The Morgan fingerprint density at radius 1 is 1.07 bits per heavy atom. The summed E-state index contributed by atoms with van der Waals surface area (Å²) in [4.78, 5) is 10.0. The highest BCUT2D eigenvalue weighted by atomic mass is 32.2. The standard InChI is InChI=1S/C19H18N4O3S3/c1-10-16(29-11(2)20-10)17-22-23-19(26-17)28-9-13-8-27-18(21-13)12-5-6-14(24-3)15(7-12)25-4/h5-8H,9H2,1-4H3. The first-order chi connectivity index (χ1) is 14.1. The fraction of sp³-hybridized carbons (Fsp3) is 0.263. The summed E-state index contributed by atoms with van der Waals surface area (Å²) in [5.74, 6) is 2.54. The quantitative estimate of drug-likeness (QED) is 0.356. The lowest BCUT2D eigenvalue weighted by Crippen LogP contribution is -1.90. The van der Waals surface area contributed by atoms with Gasteiger partial charge in [0.15, 0.2) is 11.5 Å². The molecular weight excluding hydrogens is 428 g/mol. The number of hydrogen-bond acceptors (Lipinski definition) is 10. The molecule has 1 aromatic carbocycles. The van der Waals surface area contributed by atoms with Gasteiger partial charge in [0.05, 0.1) is 30.6 Å². The second-order valence-corrected chi connectivity index (χ2v) is 9.01. The summed E-state index contributed by atoms with van der Waals surface area (Å²) in [5, 5.41) is 12.7. The van der Waals surface area contributed by atoms with Crippen LogP contribution in [0.1, 0.15) is 16.4 Å². The van der Waals surface area contributed by atoms with Crippen molar-refractivity contribution in [1.82, 2.24) is 20.2 Å². The topological polar surface area (TPSA) is 83.2 Å². The van der Waals surface area contributed by atoms with Crippen LogP contribution in [0.4, 0.5) is 0 Å². The van der Waals surface area contributed by atoms with Crippen molar-refractivity contribution in [3.63, 3.8) is 0 Å². The third-order valence-corrected chi connectivity index (χ3v) is 6.88. The minimum atomic E-state index is 0.514. The van der Waals surface area contributed by atoms with E-state index >= 15 is 0 Å². The predicted molar refractivity (Wildman–Crippen MR) is 115 cm³/mol. The number of nitrogens with zero attached hydrogens (tertiary/aromatic N) is 4. The van der Waals surface area contributed by atoms with Crippen molar-refractivity contribution in [2.45, 2.75) is 24.8 Å². The second-order valence-electron chi connectivity index (χ2n) is 6.02. The number of benzene rings is 1. The second kappa shape index (κ2) is 8.52. The molecule has 0 fully saturated rings. The summed E-state index contributed by atoms with van der Waals surface area (Å²) in [6.07, 6.45) is 0. The number of ether oxygens (including phenoxy) is 2. The van der Waals surface area contributed by atoms with Gasteiger partial charge in [-0.2, -0.15) is 0 Å². The molecule has 150 valence electrons. The number of aryl methyl sites for hydroxylation is 2. The van der Waals surface area contributed by atoms with Crippen LogP contribution >= 0.6 is 34.4 Å². The lowest BCUT2D eigenvalue weighted by atomic mass is 10.2. The van der Waals surface area contributed by atoms with Crippen molar-refractivity contribution in [1.29, 1.82) is 0 Å². The van der Waals surface area contributed by atoms with Crippen LogP contribution in [0.2, 0.25) is 0 Å². The summed E-state index contributed by atoms with van der Waals surface area (Å²) < 4.78 is 16.5. The number of rotatable bonds is 7. The summed E-state index contributed by atoms with van der Waals surface area (Å²) in [6, 6.07) is 5.78. The van der Waals surface area contributed by atoms with Gasteiger partial charge in [-0.1, -0.05) is 11.8 Å². The van der Waals surface area contributed by atoms with Gasteiger partial charge in [0.2, 0.25) is 0 Å². The number of thioether (sulfide) groups is 1. The number of methoxy groups -OCH3 is 2. The Kier molecular flexibility index (Phi) is 5.84. The van der Waals surface area contributed by atoms with E-state index in [1.807, 2.05) is 37.4 Å². The zero-order chi connectivity index (χ0) is 20.4. The van der Waals surface area contributed by atoms with Crippen LogP contribution < -0.4 is 9.47 Å². The van der Waals surface area contributed by atoms with Crippen LogP contribution in [0.25, 0.3) is 21.3 Å². The first kappa shape index (κ1) is 19.9. The summed E-state index contributed by atoms with van der Waals surface area (Å²) >= 11 is 4.61. The van der Waals surface area contributed by atoms with Gasteiger partial charge >= 0.3 is 0 Å². The van der Waals surface area contributed by atoms with Crippen LogP contribution in [0, 0.1) is 13.8 Å². The van der Waals surface area contributed by atoms with Crippen LogP contribution in [0.5, 0.6) is 11.5 Å². The highest BCUT2D eigenvalue weighted by Crippen LogP contribution is 2.35. The third-order valence-electron chi connectivity index (χ3n) is 4.03. The van der Waals surface area contributed by atoms with Crippen LogP contribution in [0.15, 0.2) is 33.2 Å². The highest BCUT2D eigenvalue weighted by Gasteiger charge is 2.16. The molecule has 3 heterocycles. The first-order valence-electron chi connectivity index (χ1n) is 8.65.